The van der Waals surface area contributed by atoms with Crippen LogP contribution in [0.15, 0.2) is 48.5 Å². The molecule has 2 atom stereocenters. The highest BCUT2D eigenvalue weighted by Gasteiger charge is 2.36. The van der Waals surface area contributed by atoms with Crippen LogP contribution in [0.2, 0.25) is 0 Å². The lowest BCUT2D eigenvalue weighted by molar-refractivity contribution is -0.157. The molecule has 0 saturated carbocycles. The molecular formula is C33H43N3O9. The van der Waals surface area contributed by atoms with E-state index in [1.54, 1.807) is 41.5 Å². The largest absolute Gasteiger partial charge is 0.467 e. The van der Waals surface area contributed by atoms with Crippen LogP contribution in [0.1, 0.15) is 65.0 Å². The van der Waals surface area contributed by atoms with Gasteiger partial charge < -0.3 is 29.6 Å². The Morgan fingerprint density at radius 1 is 0.844 bits per heavy atom. The number of likely N-dealkylation sites (N-methyl/N-ethyl adjacent to an activating group) is 1. The maximum absolute atomic E-state index is 13.6. The number of ether oxygens (including phenoxy) is 4. The van der Waals surface area contributed by atoms with Crippen LogP contribution < -0.4 is 10.6 Å². The lowest BCUT2D eigenvalue weighted by Gasteiger charge is -2.29. The maximum atomic E-state index is 13.6. The Balaban J connectivity index is 1.77. The van der Waals surface area contributed by atoms with E-state index in [1.807, 2.05) is 48.5 Å². The molecule has 2 aromatic carbocycles. The third kappa shape index (κ3) is 9.69. The van der Waals surface area contributed by atoms with Crippen LogP contribution in [-0.2, 0) is 33.3 Å². The van der Waals surface area contributed by atoms with Crippen molar-refractivity contribution in [2.24, 2.45) is 0 Å². The predicted molar refractivity (Wildman–Crippen MR) is 165 cm³/mol. The van der Waals surface area contributed by atoms with Gasteiger partial charge >= 0.3 is 24.1 Å². The van der Waals surface area contributed by atoms with E-state index in [0.717, 1.165) is 34.3 Å². The number of carbonyl (C=O) groups excluding carboxylic acids is 5. The van der Waals surface area contributed by atoms with Gasteiger partial charge in [-0.05, 0) is 63.8 Å². The summed E-state index contributed by atoms with van der Waals surface area (Å²) in [4.78, 5) is 65.4. The van der Waals surface area contributed by atoms with Crippen LogP contribution in [0.25, 0.3) is 11.1 Å². The van der Waals surface area contributed by atoms with Crippen molar-refractivity contribution in [1.29, 1.82) is 0 Å². The first-order valence-electron chi connectivity index (χ1n) is 14.7. The van der Waals surface area contributed by atoms with E-state index in [2.05, 4.69) is 10.6 Å². The van der Waals surface area contributed by atoms with E-state index in [0.29, 0.717) is 0 Å². The van der Waals surface area contributed by atoms with Crippen molar-refractivity contribution in [3.05, 3.63) is 59.7 Å². The molecule has 0 bridgehead atoms. The quantitative estimate of drug-likeness (QED) is 0.293. The zero-order chi connectivity index (χ0) is 33.5. The highest BCUT2D eigenvalue weighted by Crippen LogP contribution is 2.44. The molecule has 1 aliphatic carbocycles. The Labute approximate surface area is 263 Å². The second-order valence-electron chi connectivity index (χ2n) is 12.7. The number of nitrogens with zero attached hydrogens (tertiary/aromatic N) is 1. The van der Waals surface area contributed by atoms with Gasteiger partial charge in [-0.25, -0.2) is 14.4 Å². The van der Waals surface area contributed by atoms with Gasteiger partial charge in [0.1, 0.15) is 29.9 Å². The number of nitrogens with one attached hydrogen (secondary N) is 2. The van der Waals surface area contributed by atoms with Crippen molar-refractivity contribution >= 4 is 30.0 Å². The van der Waals surface area contributed by atoms with E-state index >= 15 is 0 Å². The normalized spacial score (nSPS) is 13.8. The summed E-state index contributed by atoms with van der Waals surface area (Å²) in [5.41, 5.74) is 2.48. The highest BCUT2D eigenvalue weighted by atomic mass is 16.6. The first kappa shape index (κ1) is 34.9. The minimum Gasteiger partial charge on any atom is -0.467 e. The van der Waals surface area contributed by atoms with Gasteiger partial charge in [-0.2, -0.15) is 0 Å². The van der Waals surface area contributed by atoms with Crippen LogP contribution in [0.4, 0.5) is 9.59 Å². The third-order valence-electron chi connectivity index (χ3n) is 6.83. The van der Waals surface area contributed by atoms with Crippen LogP contribution in [0.5, 0.6) is 0 Å². The van der Waals surface area contributed by atoms with Crippen molar-refractivity contribution in [2.45, 2.75) is 77.2 Å². The average Bonchev–Trinajstić information content (AvgIpc) is 3.27. The molecule has 0 radical (unpaired) electrons. The second kappa shape index (κ2) is 14.4. The molecule has 3 amide bonds. The number of hydrogen-bond acceptors (Lipinski definition) is 9. The van der Waals surface area contributed by atoms with Crippen LogP contribution in [0, 0.1) is 0 Å². The number of hydrogen-bond donors (Lipinski definition) is 2. The molecule has 0 aromatic heterocycles. The molecule has 0 heterocycles. The minimum atomic E-state index is -1.43. The number of amides is 3. The molecule has 0 aliphatic heterocycles. The fraction of sp³-hybridized carbons (Fsp3) is 0.485. The van der Waals surface area contributed by atoms with Gasteiger partial charge in [-0.3, -0.25) is 14.5 Å². The van der Waals surface area contributed by atoms with Gasteiger partial charge in [0.2, 0.25) is 5.91 Å². The summed E-state index contributed by atoms with van der Waals surface area (Å²) in [6, 6.07) is 12.9. The summed E-state index contributed by atoms with van der Waals surface area (Å²) in [6.45, 7) is 9.65. The number of methoxy groups -OCH3 is 1. The summed E-state index contributed by atoms with van der Waals surface area (Å²) in [5, 5.41) is 4.89. The molecule has 45 heavy (non-hydrogen) atoms. The number of benzene rings is 2. The molecule has 0 spiro atoms. The molecule has 0 unspecified atom stereocenters. The number of rotatable bonds is 10. The van der Waals surface area contributed by atoms with Crippen molar-refractivity contribution in [3.8, 4) is 11.1 Å². The summed E-state index contributed by atoms with van der Waals surface area (Å²) in [7, 11) is 2.44. The molecule has 244 valence electrons. The average molecular weight is 626 g/mol. The minimum absolute atomic E-state index is 0.0113. The second-order valence-corrected chi connectivity index (χ2v) is 12.7. The Hall–Kier alpha value is -4.61. The van der Waals surface area contributed by atoms with Gasteiger partial charge in [0.25, 0.3) is 0 Å². The first-order valence-corrected chi connectivity index (χ1v) is 14.7. The molecule has 2 N–H and O–H groups in total. The molecule has 0 saturated heterocycles. The topological polar surface area (TPSA) is 150 Å². The molecule has 12 heteroatoms. The van der Waals surface area contributed by atoms with Gasteiger partial charge in [0, 0.05) is 13.0 Å². The fourth-order valence-electron chi connectivity index (χ4n) is 4.87. The van der Waals surface area contributed by atoms with E-state index in [-0.39, 0.29) is 19.1 Å². The Morgan fingerprint density at radius 3 is 1.89 bits per heavy atom. The zero-order valence-electron chi connectivity index (χ0n) is 27.1. The summed E-state index contributed by atoms with van der Waals surface area (Å²) >= 11 is 0. The predicted octanol–water partition coefficient (Wildman–Crippen LogP) is 4.15. The van der Waals surface area contributed by atoms with Gasteiger partial charge in [-0.1, -0.05) is 48.5 Å². The Morgan fingerprint density at radius 2 is 1.38 bits per heavy atom. The molecule has 12 nitrogen and oxygen atoms in total. The number of esters is 2. The lowest BCUT2D eigenvalue weighted by Crippen LogP contribution is -2.56. The monoisotopic (exact) mass is 625 g/mol. The zero-order valence-corrected chi connectivity index (χ0v) is 27.1. The van der Waals surface area contributed by atoms with Gasteiger partial charge in [0.15, 0.2) is 0 Å². The summed E-state index contributed by atoms with van der Waals surface area (Å²) in [5.74, 6) is -2.70. The lowest BCUT2D eigenvalue weighted by atomic mass is 9.98. The van der Waals surface area contributed by atoms with Crippen LogP contribution >= 0.6 is 0 Å². The smallest absolute Gasteiger partial charge is 0.410 e. The number of fused-ring (bicyclic) bond motifs is 3. The molecule has 2 aromatic rings. The molecular weight excluding hydrogens is 582 g/mol. The molecule has 3 rings (SSSR count). The third-order valence-corrected chi connectivity index (χ3v) is 6.83. The highest BCUT2D eigenvalue weighted by molar-refractivity contribution is 5.92. The van der Waals surface area contributed by atoms with E-state index in [1.165, 1.54) is 7.05 Å². The van der Waals surface area contributed by atoms with E-state index < -0.39 is 59.7 Å². The first-order chi connectivity index (χ1) is 21.0. The number of carbonyl (C=O) groups is 5. The van der Waals surface area contributed by atoms with Gasteiger partial charge in [0.05, 0.1) is 20.1 Å². The standard InChI is InChI=1S/C33H43N3O9/c1-32(2,3)44-27(37)17-26(28(38)35-25(29(39)42-8)18-34-30(40)45-33(4,5)6)36(7)31(41)43-19-24-22-15-11-9-13-20(22)21-14-10-12-16-23(21)24/h9-16,24-26H,17-19H2,1-8H3,(H,34,40)(H,35,38)/t25-,26-/m0/s1. The van der Waals surface area contributed by atoms with Crippen LogP contribution in [-0.4, -0.2) is 85.5 Å². The molecule has 1 aliphatic rings. The Bertz CT molecular complexity index is 1370. The van der Waals surface area contributed by atoms with E-state index in [4.69, 9.17) is 18.9 Å². The summed E-state index contributed by atoms with van der Waals surface area (Å²) in [6.07, 6.45) is -2.20. The van der Waals surface area contributed by atoms with Crippen molar-refractivity contribution in [1.82, 2.24) is 15.5 Å². The Kier molecular flexibility index (Phi) is 11.2. The molecule has 0 fully saturated rings. The maximum Gasteiger partial charge on any atom is 0.410 e. The summed E-state index contributed by atoms with van der Waals surface area (Å²) < 4.78 is 21.1. The van der Waals surface area contributed by atoms with Crippen molar-refractivity contribution < 1.29 is 42.9 Å². The van der Waals surface area contributed by atoms with Crippen molar-refractivity contribution in [2.75, 3.05) is 27.3 Å². The SMILES string of the molecule is COC(=O)[C@H](CNC(=O)OC(C)(C)C)NC(=O)[C@H](CC(=O)OC(C)(C)C)N(C)C(=O)OCC1c2ccccc2-c2ccccc21. The number of alkyl carbamates (subject to hydrolysis) is 1. The van der Waals surface area contributed by atoms with Gasteiger partial charge in [-0.15, -0.1) is 0 Å². The van der Waals surface area contributed by atoms with E-state index in [9.17, 15) is 24.0 Å². The fourth-order valence-corrected chi connectivity index (χ4v) is 4.87. The van der Waals surface area contributed by atoms with Crippen LogP contribution in [0.3, 0.4) is 0 Å². The van der Waals surface area contributed by atoms with Crippen molar-refractivity contribution in [3.63, 3.8) is 0 Å².